The maximum atomic E-state index is 12.3. The summed E-state index contributed by atoms with van der Waals surface area (Å²) in [5.41, 5.74) is 0.854. The molecular weight excluding hydrogens is 372 g/mol. The molecule has 0 aliphatic heterocycles. The minimum atomic E-state index is -3.58. The van der Waals surface area contributed by atoms with E-state index < -0.39 is 10.0 Å². The monoisotopic (exact) mass is 378 g/mol. The van der Waals surface area contributed by atoms with E-state index in [1.807, 2.05) is 6.92 Å². The van der Waals surface area contributed by atoms with Crippen molar-refractivity contribution in [3.63, 3.8) is 0 Å². The lowest BCUT2D eigenvalue weighted by molar-refractivity contribution is 0.586. The second-order valence-corrected chi connectivity index (χ2v) is 6.95. The highest BCUT2D eigenvalue weighted by molar-refractivity contribution is 9.11. The highest BCUT2D eigenvalue weighted by Gasteiger charge is 2.20. The Balaban J connectivity index is 2.67. The van der Waals surface area contributed by atoms with Crippen LogP contribution >= 0.6 is 31.9 Å². The molecule has 1 aromatic carbocycles. The van der Waals surface area contributed by atoms with Crippen LogP contribution in [0.4, 0.5) is 0 Å². The van der Waals surface area contributed by atoms with Gasteiger partial charge in [0.2, 0.25) is 0 Å². The maximum Gasteiger partial charge on any atom is 0.270 e. The Morgan fingerprint density at radius 2 is 1.94 bits per heavy atom. The molecule has 0 fully saturated rings. The van der Waals surface area contributed by atoms with Gasteiger partial charge in [-0.1, -0.05) is 15.9 Å². The van der Waals surface area contributed by atoms with Crippen LogP contribution in [0, 0.1) is 6.92 Å². The van der Waals surface area contributed by atoms with Gasteiger partial charge in [-0.3, -0.25) is 0 Å². The lowest BCUT2D eigenvalue weighted by Gasteiger charge is -2.09. The number of halogens is 2. The fraction of sp³-hybridized carbons (Fsp3) is 0.100. The molecule has 1 heterocycles. The van der Waals surface area contributed by atoms with Crippen LogP contribution in [0.5, 0.6) is 0 Å². The van der Waals surface area contributed by atoms with Crippen molar-refractivity contribution in [2.45, 2.75) is 11.8 Å². The summed E-state index contributed by atoms with van der Waals surface area (Å²) in [4.78, 5) is 3.96. The number of benzene rings is 1. The largest absolute Gasteiger partial charge is 0.270 e. The fourth-order valence-corrected chi connectivity index (χ4v) is 4.19. The van der Waals surface area contributed by atoms with E-state index in [0.717, 1.165) is 14.0 Å². The Kier molecular flexibility index (Phi) is 3.42. The molecule has 7 heteroatoms. The molecule has 0 radical (unpaired) electrons. The summed E-state index contributed by atoms with van der Waals surface area (Å²) >= 11 is 6.61. The van der Waals surface area contributed by atoms with Gasteiger partial charge in [0, 0.05) is 21.3 Å². The van der Waals surface area contributed by atoms with Crippen molar-refractivity contribution in [3.8, 4) is 0 Å². The van der Waals surface area contributed by atoms with Gasteiger partial charge in [0.15, 0.2) is 0 Å². The Morgan fingerprint density at radius 1 is 1.24 bits per heavy atom. The van der Waals surface area contributed by atoms with E-state index in [2.05, 4.69) is 36.8 Å². The summed E-state index contributed by atoms with van der Waals surface area (Å²) in [6, 6.07) is 3.34. The van der Waals surface area contributed by atoms with E-state index in [9.17, 15) is 8.42 Å². The fourth-order valence-electron chi connectivity index (χ4n) is 1.33. The first-order chi connectivity index (χ1) is 7.93. The molecule has 0 N–H and O–H groups in total. The average molecular weight is 380 g/mol. The van der Waals surface area contributed by atoms with Gasteiger partial charge in [0.1, 0.15) is 11.2 Å². The highest BCUT2D eigenvalue weighted by Crippen LogP contribution is 2.29. The minimum absolute atomic E-state index is 0.219. The van der Waals surface area contributed by atoms with Crippen molar-refractivity contribution in [2.75, 3.05) is 0 Å². The molecule has 17 heavy (non-hydrogen) atoms. The second kappa shape index (κ2) is 4.55. The Morgan fingerprint density at radius 3 is 2.53 bits per heavy atom. The first kappa shape index (κ1) is 12.8. The number of hydrogen-bond acceptors (Lipinski definition) is 3. The topological polar surface area (TPSA) is 52.0 Å². The molecule has 0 unspecified atom stereocenters. The Labute approximate surface area is 116 Å². The van der Waals surface area contributed by atoms with Crippen LogP contribution in [0.25, 0.3) is 0 Å². The summed E-state index contributed by atoms with van der Waals surface area (Å²) in [7, 11) is -3.58. The summed E-state index contributed by atoms with van der Waals surface area (Å²) in [6.45, 7) is 1.84. The second-order valence-electron chi connectivity index (χ2n) is 3.43. The molecule has 2 rings (SSSR count). The van der Waals surface area contributed by atoms with E-state index in [-0.39, 0.29) is 4.90 Å². The van der Waals surface area contributed by atoms with Gasteiger partial charge in [-0.2, -0.15) is 0 Å². The molecule has 0 bridgehead atoms. The maximum absolute atomic E-state index is 12.3. The normalized spacial score (nSPS) is 11.7. The van der Waals surface area contributed by atoms with Gasteiger partial charge >= 0.3 is 0 Å². The third-order valence-corrected chi connectivity index (χ3v) is 5.69. The van der Waals surface area contributed by atoms with Crippen LogP contribution in [-0.2, 0) is 10.0 Å². The zero-order chi connectivity index (χ0) is 12.6. The van der Waals surface area contributed by atoms with Crippen molar-refractivity contribution in [1.29, 1.82) is 0 Å². The number of hydrogen-bond donors (Lipinski definition) is 0. The Bertz CT molecular complexity index is 651. The molecule has 4 nitrogen and oxygen atoms in total. The lowest BCUT2D eigenvalue weighted by Crippen LogP contribution is -2.12. The molecule has 0 saturated heterocycles. The highest BCUT2D eigenvalue weighted by atomic mass is 79.9. The van der Waals surface area contributed by atoms with Crippen molar-refractivity contribution in [2.24, 2.45) is 0 Å². The summed E-state index contributed by atoms with van der Waals surface area (Å²) in [5, 5.41) is 0. The Hall–Kier alpha value is -0.660. The number of imidazole rings is 1. The van der Waals surface area contributed by atoms with Crippen molar-refractivity contribution in [3.05, 3.63) is 45.4 Å². The molecule has 0 saturated carbocycles. The predicted molar refractivity (Wildman–Crippen MR) is 71.4 cm³/mol. The van der Waals surface area contributed by atoms with Crippen LogP contribution in [0.3, 0.4) is 0 Å². The number of aromatic nitrogens is 2. The molecular formula is C10H8Br2N2O2S. The molecule has 0 aliphatic carbocycles. The van der Waals surface area contributed by atoms with E-state index >= 15 is 0 Å². The third kappa shape index (κ3) is 2.31. The first-order valence-electron chi connectivity index (χ1n) is 4.62. The van der Waals surface area contributed by atoms with Crippen molar-refractivity contribution in [1.82, 2.24) is 8.96 Å². The SMILES string of the molecule is Cc1cc(S(=O)(=O)n2ccnc2)c(Br)cc1Br. The van der Waals surface area contributed by atoms with E-state index in [0.29, 0.717) is 4.47 Å². The van der Waals surface area contributed by atoms with E-state index in [1.54, 1.807) is 12.1 Å². The lowest BCUT2D eigenvalue weighted by atomic mass is 10.2. The van der Waals surface area contributed by atoms with Gasteiger partial charge in [-0.05, 0) is 40.5 Å². The molecule has 0 amide bonds. The number of nitrogens with zero attached hydrogens (tertiary/aromatic N) is 2. The average Bonchev–Trinajstić information content (AvgIpc) is 2.77. The van der Waals surface area contributed by atoms with Gasteiger partial charge in [-0.25, -0.2) is 17.4 Å². The molecule has 90 valence electrons. The number of aryl methyl sites for hydroxylation is 1. The van der Waals surface area contributed by atoms with Crippen LogP contribution in [0.1, 0.15) is 5.56 Å². The summed E-state index contributed by atoms with van der Waals surface area (Å²) in [5.74, 6) is 0. The van der Waals surface area contributed by atoms with Gasteiger partial charge in [0.25, 0.3) is 10.0 Å². The third-order valence-electron chi connectivity index (χ3n) is 2.25. The van der Waals surface area contributed by atoms with E-state index in [4.69, 9.17) is 0 Å². The van der Waals surface area contributed by atoms with Crippen molar-refractivity contribution >= 4 is 41.9 Å². The van der Waals surface area contributed by atoms with Gasteiger partial charge in [0.05, 0.1) is 0 Å². The van der Waals surface area contributed by atoms with E-state index in [1.165, 1.54) is 18.7 Å². The predicted octanol–water partition coefficient (Wildman–Crippen LogP) is 2.95. The molecule has 0 atom stereocenters. The zero-order valence-electron chi connectivity index (χ0n) is 8.76. The van der Waals surface area contributed by atoms with Crippen LogP contribution in [0.2, 0.25) is 0 Å². The van der Waals surface area contributed by atoms with Gasteiger partial charge < -0.3 is 0 Å². The van der Waals surface area contributed by atoms with Crippen molar-refractivity contribution < 1.29 is 8.42 Å². The summed E-state index contributed by atoms with van der Waals surface area (Å²) < 4.78 is 27.0. The number of rotatable bonds is 2. The van der Waals surface area contributed by atoms with Crippen LogP contribution < -0.4 is 0 Å². The molecule has 1 aromatic heterocycles. The van der Waals surface area contributed by atoms with Crippen LogP contribution in [0.15, 0.2) is 44.7 Å². The standard InChI is InChI=1S/C10H8Br2N2O2S/c1-7-4-10(9(12)5-8(7)11)17(15,16)14-3-2-13-6-14/h2-6H,1H3. The molecule has 2 aromatic rings. The van der Waals surface area contributed by atoms with Gasteiger partial charge in [-0.15, -0.1) is 0 Å². The zero-order valence-corrected chi connectivity index (χ0v) is 12.8. The summed E-state index contributed by atoms with van der Waals surface area (Å²) in [6.07, 6.45) is 4.09. The molecule has 0 aliphatic rings. The quantitative estimate of drug-likeness (QED) is 0.805. The first-order valence-corrected chi connectivity index (χ1v) is 7.64. The van der Waals surface area contributed by atoms with Crippen LogP contribution in [-0.4, -0.2) is 17.4 Å². The molecule has 0 spiro atoms. The minimum Gasteiger partial charge on any atom is -0.244 e. The smallest absolute Gasteiger partial charge is 0.244 e.